The monoisotopic (exact) mass is 936 g/mol. The lowest BCUT2D eigenvalue weighted by molar-refractivity contribution is 0.431. The number of rotatable bonds is 10. The van der Waals surface area contributed by atoms with Crippen LogP contribution in [0, 0.1) is 25.1 Å². The van der Waals surface area contributed by atoms with Crippen LogP contribution >= 0.6 is 0 Å². The largest absolute Gasteiger partial charge is 0.466 e. The molecule has 0 N–H and O–H groups in total. The molecule has 4 heteroatoms. The number of allylic oxidation sites excluding steroid dienone is 1. The summed E-state index contributed by atoms with van der Waals surface area (Å²) in [6.45, 7) is 9.65. The van der Waals surface area contributed by atoms with Crippen LogP contribution < -0.4 is 18.9 Å². The molecule has 0 saturated carbocycles. The average molecular weight is 937 g/mol. The fraction of sp³-hybridized carbons (Fsp3) is 0.0435. The fourth-order valence-corrected chi connectivity index (χ4v) is 12.1. The highest BCUT2D eigenvalue weighted by molar-refractivity contribution is 5.98. The second-order valence-corrected chi connectivity index (χ2v) is 19.0. The highest BCUT2D eigenvalue weighted by atomic mass is 16.5. The predicted molar refractivity (Wildman–Crippen MR) is 296 cm³/mol. The van der Waals surface area contributed by atoms with Crippen LogP contribution in [-0.4, -0.2) is 0 Å². The number of hydrogen-bond donors (Lipinski definition) is 0. The highest BCUT2D eigenvalue weighted by Gasteiger charge is 2.51. The molecule has 344 valence electrons. The van der Waals surface area contributed by atoms with Crippen molar-refractivity contribution in [3.05, 3.63) is 276 Å². The van der Waals surface area contributed by atoms with Gasteiger partial charge < -0.3 is 18.9 Å². The highest BCUT2D eigenvalue weighted by Crippen LogP contribution is 2.63. The molecule has 0 aliphatic heterocycles. The zero-order chi connectivity index (χ0) is 49.4. The van der Waals surface area contributed by atoms with Gasteiger partial charge in [-0.2, -0.15) is 0 Å². The summed E-state index contributed by atoms with van der Waals surface area (Å²) < 4.78 is 22.7. The van der Waals surface area contributed by atoms with E-state index in [1.807, 2.05) is 43.3 Å². The molecule has 0 aromatic heterocycles. The Balaban J connectivity index is 1.12. The minimum atomic E-state index is -0.750. The van der Waals surface area contributed by atoms with Gasteiger partial charge in [0.25, 0.3) is 0 Å². The minimum Gasteiger partial charge on any atom is -0.466 e. The van der Waals surface area contributed by atoms with Crippen LogP contribution in [0.3, 0.4) is 0 Å². The molecule has 11 aromatic rings. The van der Waals surface area contributed by atoms with E-state index < -0.39 is 10.8 Å². The molecule has 0 radical (unpaired) electrons. The molecule has 2 unspecified atom stereocenters. The molecule has 0 fully saturated rings. The maximum atomic E-state index is 5.99. The van der Waals surface area contributed by atoms with Crippen molar-refractivity contribution in [3.63, 3.8) is 0 Å². The Morgan fingerprint density at radius 2 is 0.740 bits per heavy atom. The van der Waals surface area contributed by atoms with E-state index in [1.165, 1.54) is 50.8 Å². The summed E-state index contributed by atoms with van der Waals surface area (Å²) in [4.78, 5) is 0. The van der Waals surface area contributed by atoms with Crippen molar-refractivity contribution in [2.45, 2.75) is 17.8 Å². The Morgan fingerprint density at radius 1 is 0.397 bits per heavy atom. The van der Waals surface area contributed by atoms with Gasteiger partial charge in [0.2, 0.25) is 0 Å². The molecule has 4 nitrogen and oxygen atoms in total. The summed E-state index contributed by atoms with van der Waals surface area (Å²) >= 11 is 0. The van der Waals surface area contributed by atoms with Gasteiger partial charge in [0.1, 0.15) is 35.2 Å². The summed E-state index contributed by atoms with van der Waals surface area (Å²) in [5.74, 6) is 3.39. The van der Waals surface area contributed by atoms with Crippen molar-refractivity contribution in [1.82, 2.24) is 0 Å². The van der Waals surface area contributed by atoms with Crippen molar-refractivity contribution < 1.29 is 18.9 Å². The molecule has 0 bridgehead atoms. The van der Waals surface area contributed by atoms with Crippen LogP contribution in [0.2, 0.25) is 0 Å². The summed E-state index contributed by atoms with van der Waals surface area (Å²) in [5.41, 5.74) is 12.7. The first-order valence-electron chi connectivity index (χ1n) is 24.2. The number of terminal acetylenes is 2. The van der Waals surface area contributed by atoms with Crippen molar-refractivity contribution in [2.24, 2.45) is 0 Å². The van der Waals surface area contributed by atoms with E-state index in [0.29, 0.717) is 17.3 Å². The Bertz CT molecular complexity index is 4260. The number of benzene rings is 11. The maximum absolute atomic E-state index is 5.99. The maximum Gasteiger partial charge on any atom is 0.140 e. The lowest BCUT2D eigenvalue weighted by Gasteiger charge is -2.36. The Hall–Kier alpha value is -9.74. The molecule has 11 aromatic carbocycles. The van der Waals surface area contributed by atoms with Crippen LogP contribution in [0.1, 0.15) is 51.4 Å². The Labute approximate surface area is 424 Å². The molecule has 0 spiro atoms. The van der Waals surface area contributed by atoms with Gasteiger partial charge in [-0.25, -0.2) is 0 Å². The number of fused-ring (bicyclic) bond motifs is 10. The van der Waals surface area contributed by atoms with Crippen LogP contribution in [0.4, 0.5) is 0 Å². The third kappa shape index (κ3) is 6.59. The molecule has 2 atom stereocenters. The molecule has 2 aliphatic rings. The minimum absolute atomic E-state index is 0.628. The van der Waals surface area contributed by atoms with E-state index >= 15 is 0 Å². The Kier molecular flexibility index (Phi) is 9.91. The summed E-state index contributed by atoms with van der Waals surface area (Å²) in [6, 6.07) is 74.9. The average Bonchev–Trinajstić information content (AvgIpc) is 3.88. The first-order chi connectivity index (χ1) is 35.8. The van der Waals surface area contributed by atoms with Crippen LogP contribution in [0.15, 0.2) is 231 Å². The molecule has 0 saturated heterocycles. The summed E-state index contributed by atoms with van der Waals surface area (Å²) in [5, 5.41) is 8.57. The molecule has 73 heavy (non-hydrogen) atoms. The second-order valence-electron chi connectivity index (χ2n) is 19.0. The third-order valence-electron chi connectivity index (χ3n) is 15.1. The molecule has 13 rings (SSSR count). The summed E-state index contributed by atoms with van der Waals surface area (Å²) in [7, 11) is 0. The van der Waals surface area contributed by atoms with Gasteiger partial charge in [-0.3, -0.25) is 0 Å². The third-order valence-corrected chi connectivity index (χ3v) is 15.1. The Morgan fingerprint density at radius 3 is 1.14 bits per heavy atom. The SMILES string of the molecule is C#COc1ccc2cc(C3(c4ccc5cc(OC=C)ccc5c4)c4ccccc4-c4cc5c(cc43)-c3ccccc3C5(c3ccc4cc(OC#C)ccc4c3)c3ccc4cc(OC(=C)C)ccc4c3)ccc2c1. The van der Waals surface area contributed by atoms with Crippen LogP contribution in [-0.2, 0) is 10.8 Å². The van der Waals surface area contributed by atoms with Crippen LogP contribution in [0.25, 0.3) is 65.3 Å². The molecular formula is C69H44O4. The van der Waals surface area contributed by atoms with Crippen molar-refractivity contribution >= 4 is 43.1 Å². The van der Waals surface area contributed by atoms with E-state index in [4.69, 9.17) is 31.8 Å². The lowest BCUT2D eigenvalue weighted by Crippen LogP contribution is -2.30. The van der Waals surface area contributed by atoms with Gasteiger partial charge in [0, 0.05) is 0 Å². The van der Waals surface area contributed by atoms with Gasteiger partial charge >= 0.3 is 0 Å². The zero-order valence-electron chi connectivity index (χ0n) is 39.9. The topological polar surface area (TPSA) is 36.9 Å². The molecule has 0 amide bonds. The van der Waals surface area contributed by atoms with Gasteiger partial charge in [0.05, 0.1) is 22.9 Å². The van der Waals surface area contributed by atoms with Crippen LogP contribution in [0.5, 0.6) is 23.0 Å². The van der Waals surface area contributed by atoms with E-state index in [1.54, 1.807) is 0 Å². The van der Waals surface area contributed by atoms with Crippen molar-refractivity contribution in [1.29, 1.82) is 0 Å². The fourth-order valence-electron chi connectivity index (χ4n) is 12.1. The van der Waals surface area contributed by atoms with E-state index in [-0.39, 0.29) is 0 Å². The van der Waals surface area contributed by atoms with Gasteiger partial charge in [-0.15, -0.1) is 0 Å². The summed E-state index contributed by atoms with van der Waals surface area (Å²) in [6.07, 6.45) is 17.3. The van der Waals surface area contributed by atoms with E-state index in [9.17, 15) is 0 Å². The predicted octanol–water partition coefficient (Wildman–Crippen LogP) is 16.4. The number of hydrogen-bond acceptors (Lipinski definition) is 4. The van der Waals surface area contributed by atoms with Gasteiger partial charge in [0.15, 0.2) is 0 Å². The van der Waals surface area contributed by atoms with Gasteiger partial charge in [-0.1, -0.05) is 147 Å². The standard InChI is InChI=1S/C69H44O4/c1-6-70-56-29-21-44-33-52(25-17-48(44)37-56)68(53-26-18-49-38-57(71-7-2)30-22-45(49)34-53)64-15-11-9-13-60(64)62-42-67-63(41-66(62)68)61-14-10-12-16-65(61)69(67,54-27-19-50-39-58(72-8-3)31-23-46(50)35-54)55-28-20-51-40-59(73-43(4)5)32-24-47(51)36-55/h1,3,7,9-42H,2,4H2,5H3. The zero-order valence-corrected chi connectivity index (χ0v) is 39.9. The first-order valence-corrected chi connectivity index (χ1v) is 24.2. The molecular weight excluding hydrogens is 893 g/mol. The second kappa shape index (κ2) is 16.7. The van der Waals surface area contributed by atoms with E-state index in [0.717, 1.165) is 76.8 Å². The first kappa shape index (κ1) is 43.3. The normalized spacial score (nSPS) is 15.9. The van der Waals surface area contributed by atoms with E-state index in [2.05, 4.69) is 195 Å². The van der Waals surface area contributed by atoms with Gasteiger partial charge in [-0.05, 0) is 202 Å². The molecule has 2 aliphatic carbocycles. The smallest absolute Gasteiger partial charge is 0.140 e. The quantitative estimate of drug-likeness (QED) is 0.101. The lowest BCUT2D eigenvalue weighted by atomic mass is 9.65. The van der Waals surface area contributed by atoms with Crippen molar-refractivity contribution in [2.75, 3.05) is 0 Å². The number of ether oxygens (including phenoxy) is 4. The van der Waals surface area contributed by atoms with Crippen molar-refractivity contribution in [3.8, 4) is 70.3 Å². The molecule has 0 heterocycles.